The van der Waals surface area contributed by atoms with Gasteiger partial charge in [-0.25, -0.2) is 4.98 Å². The molecule has 0 saturated heterocycles. The Morgan fingerprint density at radius 1 is 1.21 bits per heavy atom. The van der Waals surface area contributed by atoms with Crippen molar-refractivity contribution in [3.8, 4) is 0 Å². The third-order valence-corrected chi connectivity index (χ3v) is 4.91. The molecule has 3 rings (SSSR count). The molecule has 3 aromatic rings. The van der Waals surface area contributed by atoms with Gasteiger partial charge in [-0.05, 0) is 50.2 Å². The van der Waals surface area contributed by atoms with Gasteiger partial charge in [0.1, 0.15) is 4.60 Å². The fourth-order valence-corrected chi connectivity index (χ4v) is 3.73. The minimum absolute atomic E-state index is 0.237. The molecule has 0 saturated carbocycles. The maximum absolute atomic E-state index is 12.8. The van der Waals surface area contributed by atoms with Crippen LogP contribution in [0.5, 0.6) is 0 Å². The highest BCUT2D eigenvalue weighted by atomic mass is 79.9. The van der Waals surface area contributed by atoms with Gasteiger partial charge in [0.25, 0.3) is 5.91 Å². The molecular weight excluding hydrogens is 457 g/mol. The Labute approximate surface area is 160 Å². The summed E-state index contributed by atoms with van der Waals surface area (Å²) in [5, 5.41) is 5.16. The van der Waals surface area contributed by atoms with Gasteiger partial charge < -0.3 is 5.32 Å². The predicted molar refractivity (Wildman–Crippen MR) is 102 cm³/mol. The zero-order valence-corrected chi connectivity index (χ0v) is 16.5. The largest absolute Gasteiger partial charge is 0.344 e. The average Bonchev–Trinajstić information content (AvgIpc) is 2.54. The van der Waals surface area contributed by atoms with Crippen LogP contribution in [0, 0.1) is 0 Å². The molecule has 24 heavy (non-hydrogen) atoms. The van der Waals surface area contributed by atoms with Gasteiger partial charge in [-0.2, -0.15) is 0 Å². The molecule has 0 radical (unpaired) electrons. The van der Waals surface area contributed by atoms with Crippen LogP contribution >= 0.6 is 43.5 Å². The third kappa shape index (κ3) is 3.45. The number of rotatable bonds is 3. The van der Waals surface area contributed by atoms with E-state index in [2.05, 4.69) is 47.1 Å². The lowest BCUT2D eigenvalue weighted by Crippen LogP contribution is -2.28. The number of hydrogen-bond donors (Lipinski definition) is 1. The number of nitrogens with zero attached hydrogens (tertiary/aromatic N) is 2. The van der Waals surface area contributed by atoms with Gasteiger partial charge in [-0.3, -0.25) is 9.78 Å². The zero-order valence-electron chi connectivity index (χ0n) is 12.6. The minimum Gasteiger partial charge on any atom is -0.344 e. The molecular formula is C17H12Br2ClN3O. The van der Waals surface area contributed by atoms with E-state index in [1.165, 1.54) is 0 Å². The van der Waals surface area contributed by atoms with Crippen LogP contribution < -0.4 is 5.32 Å². The predicted octanol–water partition coefficient (Wildman–Crippen LogP) is 5.30. The Morgan fingerprint density at radius 3 is 2.71 bits per heavy atom. The molecule has 1 unspecified atom stereocenters. The van der Waals surface area contributed by atoms with Gasteiger partial charge >= 0.3 is 0 Å². The highest BCUT2D eigenvalue weighted by Gasteiger charge is 2.20. The topological polar surface area (TPSA) is 54.9 Å². The summed E-state index contributed by atoms with van der Waals surface area (Å²) < 4.78 is 1.29. The second-order valence-electron chi connectivity index (χ2n) is 5.23. The summed E-state index contributed by atoms with van der Waals surface area (Å²) in [5.41, 5.74) is 1.10. The van der Waals surface area contributed by atoms with Crippen molar-refractivity contribution in [3.05, 3.63) is 68.1 Å². The molecule has 0 spiro atoms. The van der Waals surface area contributed by atoms with E-state index in [1.807, 2.05) is 31.2 Å². The van der Waals surface area contributed by atoms with Crippen LogP contribution in [0.25, 0.3) is 10.8 Å². The van der Waals surface area contributed by atoms with E-state index in [-0.39, 0.29) is 11.9 Å². The second kappa shape index (κ2) is 7.17. The Hall–Kier alpha value is -1.50. The number of fused-ring (bicyclic) bond motifs is 1. The number of amides is 1. The molecule has 0 fully saturated rings. The fourth-order valence-electron chi connectivity index (χ4n) is 2.44. The first kappa shape index (κ1) is 17.3. The van der Waals surface area contributed by atoms with Gasteiger partial charge in [0.2, 0.25) is 0 Å². The lowest BCUT2D eigenvalue weighted by atomic mass is 10.1. The summed E-state index contributed by atoms with van der Waals surface area (Å²) in [6.45, 7) is 1.84. The van der Waals surface area contributed by atoms with Crippen molar-refractivity contribution in [2.45, 2.75) is 13.0 Å². The third-order valence-electron chi connectivity index (χ3n) is 3.57. The van der Waals surface area contributed by atoms with Crippen LogP contribution in [0.15, 0.2) is 51.8 Å². The van der Waals surface area contributed by atoms with Crippen LogP contribution in [0.1, 0.15) is 29.0 Å². The van der Waals surface area contributed by atoms with E-state index in [0.717, 1.165) is 15.2 Å². The summed E-state index contributed by atoms with van der Waals surface area (Å²) >= 11 is 12.9. The van der Waals surface area contributed by atoms with Crippen molar-refractivity contribution >= 4 is 60.1 Å². The molecule has 122 valence electrons. The number of benzene rings is 1. The van der Waals surface area contributed by atoms with E-state index in [0.29, 0.717) is 20.9 Å². The van der Waals surface area contributed by atoms with E-state index in [9.17, 15) is 4.79 Å². The number of nitrogens with one attached hydrogen (secondary N) is 1. The van der Waals surface area contributed by atoms with Crippen molar-refractivity contribution in [1.82, 2.24) is 15.3 Å². The average molecular weight is 470 g/mol. The highest BCUT2D eigenvalue weighted by molar-refractivity contribution is 9.10. The highest BCUT2D eigenvalue weighted by Crippen LogP contribution is 2.27. The van der Waals surface area contributed by atoms with Gasteiger partial charge in [-0.1, -0.05) is 35.9 Å². The van der Waals surface area contributed by atoms with E-state index >= 15 is 0 Å². The fraction of sp³-hybridized carbons (Fsp3) is 0.118. The molecule has 4 nitrogen and oxygen atoms in total. The standard InChI is InChI=1S/C17H12Br2ClN3O/c1-9(15-13(20)6-11(18)8-21-15)23-17(24)14-12-5-3-2-4-10(12)7-22-16(14)19/h2-9H,1H3,(H,23,24). The summed E-state index contributed by atoms with van der Waals surface area (Å²) in [5.74, 6) is -0.237. The molecule has 0 aliphatic rings. The second-order valence-corrected chi connectivity index (χ2v) is 7.30. The number of halogens is 3. The number of hydrogen-bond acceptors (Lipinski definition) is 3. The number of aromatic nitrogens is 2. The first-order valence-corrected chi connectivity index (χ1v) is 9.09. The Bertz CT molecular complexity index is 933. The molecule has 0 aliphatic carbocycles. The Morgan fingerprint density at radius 2 is 1.96 bits per heavy atom. The zero-order chi connectivity index (χ0) is 17.3. The molecule has 1 N–H and O–H groups in total. The monoisotopic (exact) mass is 467 g/mol. The lowest BCUT2D eigenvalue weighted by Gasteiger charge is -2.16. The number of carbonyl (C=O) groups is 1. The van der Waals surface area contributed by atoms with E-state index in [1.54, 1.807) is 18.5 Å². The number of pyridine rings is 2. The van der Waals surface area contributed by atoms with E-state index in [4.69, 9.17) is 11.6 Å². The van der Waals surface area contributed by atoms with Crippen LogP contribution in [-0.4, -0.2) is 15.9 Å². The maximum Gasteiger partial charge on any atom is 0.255 e. The van der Waals surface area contributed by atoms with Crippen molar-refractivity contribution in [2.75, 3.05) is 0 Å². The minimum atomic E-state index is -0.344. The lowest BCUT2D eigenvalue weighted by molar-refractivity contribution is 0.0939. The molecule has 0 bridgehead atoms. The van der Waals surface area contributed by atoms with Gasteiger partial charge in [0.05, 0.1) is 22.3 Å². The molecule has 7 heteroatoms. The van der Waals surface area contributed by atoms with Gasteiger partial charge in [0.15, 0.2) is 0 Å². The molecule has 0 aliphatic heterocycles. The summed E-state index contributed by atoms with van der Waals surface area (Å²) in [4.78, 5) is 21.3. The normalized spacial score (nSPS) is 12.2. The Kier molecular flexibility index (Phi) is 5.18. The summed E-state index contributed by atoms with van der Waals surface area (Å²) in [6, 6.07) is 9.02. The van der Waals surface area contributed by atoms with Crippen molar-refractivity contribution in [3.63, 3.8) is 0 Å². The van der Waals surface area contributed by atoms with Gasteiger partial charge in [0, 0.05) is 22.3 Å². The van der Waals surface area contributed by atoms with Crippen LogP contribution in [0.4, 0.5) is 0 Å². The first-order valence-electron chi connectivity index (χ1n) is 7.12. The quantitative estimate of drug-likeness (QED) is 0.530. The number of carbonyl (C=O) groups excluding carboxylic acids is 1. The summed E-state index contributed by atoms with van der Waals surface area (Å²) in [7, 11) is 0. The summed E-state index contributed by atoms with van der Waals surface area (Å²) in [6.07, 6.45) is 3.38. The molecule has 1 amide bonds. The van der Waals surface area contributed by atoms with Crippen molar-refractivity contribution in [2.24, 2.45) is 0 Å². The van der Waals surface area contributed by atoms with Crippen molar-refractivity contribution in [1.29, 1.82) is 0 Å². The first-order chi connectivity index (χ1) is 11.5. The Balaban J connectivity index is 1.94. The molecule has 2 heterocycles. The van der Waals surface area contributed by atoms with Crippen molar-refractivity contribution < 1.29 is 4.79 Å². The van der Waals surface area contributed by atoms with Crippen LogP contribution in [-0.2, 0) is 0 Å². The maximum atomic E-state index is 12.8. The van der Waals surface area contributed by atoms with Gasteiger partial charge in [-0.15, -0.1) is 0 Å². The van der Waals surface area contributed by atoms with E-state index < -0.39 is 0 Å². The molecule has 1 aromatic carbocycles. The molecule has 1 atom stereocenters. The molecule has 2 aromatic heterocycles. The smallest absolute Gasteiger partial charge is 0.255 e. The SMILES string of the molecule is CC(NC(=O)c1c(Br)ncc2ccccc12)c1ncc(Br)cc1Cl. The van der Waals surface area contributed by atoms with Crippen LogP contribution in [0.2, 0.25) is 5.02 Å². The van der Waals surface area contributed by atoms with Crippen LogP contribution in [0.3, 0.4) is 0 Å².